The van der Waals surface area contributed by atoms with Crippen LogP contribution in [0.15, 0.2) is 48.8 Å². The third-order valence-electron chi connectivity index (χ3n) is 5.11. The zero-order valence-electron chi connectivity index (χ0n) is 19.1. The standard InChI is InChI=1S/C23H22F3N7O2/c1-13(2)29-21(35)18-6-4-5-17(30-18)20(34)27-10-14-11-28-33(12-14)15-7-8-16-19(9-15)32(3)22(31-16)23(24,25)26/h4-9,11-13H,10H2,1-3H3,(H,27,34)(H,29,35). The van der Waals surface area contributed by atoms with E-state index in [1.807, 2.05) is 13.8 Å². The van der Waals surface area contributed by atoms with E-state index < -0.39 is 17.9 Å². The lowest BCUT2D eigenvalue weighted by Gasteiger charge is -2.09. The molecule has 3 heterocycles. The maximum atomic E-state index is 13.1. The summed E-state index contributed by atoms with van der Waals surface area (Å²) in [6.45, 7) is 3.78. The van der Waals surface area contributed by atoms with Crippen LogP contribution in [0.3, 0.4) is 0 Å². The van der Waals surface area contributed by atoms with E-state index in [1.165, 1.54) is 36.1 Å². The number of rotatable bonds is 6. The Labute approximate surface area is 198 Å². The quantitative estimate of drug-likeness (QED) is 0.436. The van der Waals surface area contributed by atoms with Gasteiger partial charge in [-0.1, -0.05) is 6.07 Å². The number of aryl methyl sites for hydroxylation is 1. The van der Waals surface area contributed by atoms with Gasteiger partial charge in [-0.05, 0) is 44.2 Å². The smallest absolute Gasteiger partial charge is 0.349 e. The SMILES string of the molecule is CC(C)NC(=O)c1cccc(C(=O)NCc2cnn(-c3ccc4nc(C(F)(F)F)n(C)c4c3)c2)n1. The van der Waals surface area contributed by atoms with E-state index in [0.717, 1.165) is 4.57 Å². The zero-order chi connectivity index (χ0) is 25.3. The van der Waals surface area contributed by atoms with Gasteiger partial charge in [-0.2, -0.15) is 18.3 Å². The molecule has 12 heteroatoms. The Morgan fingerprint density at radius 1 is 1.06 bits per heavy atom. The molecule has 0 aliphatic rings. The summed E-state index contributed by atoms with van der Waals surface area (Å²) in [7, 11) is 1.31. The van der Waals surface area contributed by atoms with Crippen LogP contribution in [0.2, 0.25) is 0 Å². The van der Waals surface area contributed by atoms with Crippen LogP contribution in [0.1, 0.15) is 46.2 Å². The molecule has 0 aliphatic carbocycles. The van der Waals surface area contributed by atoms with Gasteiger partial charge in [0.1, 0.15) is 11.4 Å². The lowest BCUT2D eigenvalue weighted by Crippen LogP contribution is -2.31. The minimum absolute atomic E-state index is 0.0661. The van der Waals surface area contributed by atoms with Gasteiger partial charge in [0, 0.05) is 31.4 Å². The molecule has 0 saturated carbocycles. The van der Waals surface area contributed by atoms with Crippen molar-refractivity contribution in [1.82, 2.24) is 34.9 Å². The van der Waals surface area contributed by atoms with Gasteiger partial charge < -0.3 is 15.2 Å². The summed E-state index contributed by atoms with van der Waals surface area (Å²) in [4.78, 5) is 32.4. The van der Waals surface area contributed by atoms with Crippen LogP contribution in [-0.4, -0.2) is 42.2 Å². The summed E-state index contributed by atoms with van der Waals surface area (Å²) in [5, 5.41) is 9.68. The number of hydrogen-bond donors (Lipinski definition) is 2. The monoisotopic (exact) mass is 485 g/mol. The van der Waals surface area contributed by atoms with E-state index in [2.05, 4.69) is 25.7 Å². The number of amides is 2. The Morgan fingerprint density at radius 2 is 1.77 bits per heavy atom. The van der Waals surface area contributed by atoms with Crippen molar-refractivity contribution in [2.24, 2.45) is 7.05 Å². The van der Waals surface area contributed by atoms with Gasteiger partial charge in [0.2, 0.25) is 5.82 Å². The maximum absolute atomic E-state index is 13.1. The van der Waals surface area contributed by atoms with Crippen molar-refractivity contribution in [1.29, 1.82) is 0 Å². The molecular weight excluding hydrogens is 463 g/mol. The van der Waals surface area contributed by atoms with Crippen LogP contribution in [-0.2, 0) is 19.8 Å². The lowest BCUT2D eigenvalue weighted by atomic mass is 10.2. The van der Waals surface area contributed by atoms with Crippen molar-refractivity contribution < 1.29 is 22.8 Å². The normalized spacial score (nSPS) is 11.7. The van der Waals surface area contributed by atoms with Crippen LogP contribution in [0, 0.1) is 0 Å². The topological polar surface area (TPSA) is 107 Å². The fourth-order valence-corrected chi connectivity index (χ4v) is 3.46. The van der Waals surface area contributed by atoms with Gasteiger partial charge in [-0.25, -0.2) is 14.6 Å². The number of nitrogens with one attached hydrogen (secondary N) is 2. The highest BCUT2D eigenvalue weighted by Crippen LogP contribution is 2.31. The molecular formula is C23H22F3N7O2. The minimum Gasteiger partial charge on any atom is -0.349 e. The number of hydrogen-bond acceptors (Lipinski definition) is 5. The molecule has 0 unspecified atom stereocenters. The number of nitrogens with zero attached hydrogens (tertiary/aromatic N) is 5. The zero-order valence-corrected chi connectivity index (χ0v) is 19.1. The molecule has 35 heavy (non-hydrogen) atoms. The molecule has 2 amide bonds. The molecule has 182 valence electrons. The molecule has 0 fully saturated rings. The van der Waals surface area contributed by atoms with Gasteiger partial charge in [-0.3, -0.25) is 9.59 Å². The number of benzene rings is 1. The Balaban J connectivity index is 1.46. The number of carbonyl (C=O) groups is 2. The Kier molecular flexibility index (Phi) is 6.29. The third kappa shape index (κ3) is 5.15. The van der Waals surface area contributed by atoms with Crippen molar-refractivity contribution in [3.63, 3.8) is 0 Å². The van der Waals surface area contributed by atoms with Gasteiger partial charge in [0.05, 0.1) is 22.9 Å². The number of pyridine rings is 1. The van der Waals surface area contributed by atoms with Crippen molar-refractivity contribution in [2.75, 3.05) is 0 Å². The first kappa shape index (κ1) is 23.9. The molecule has 0 saturated heterocycles. The molecule has 9 nitrogen and oxygen atoms in total. The summed E-state index contributed by atoms with van der Waals surface area (Å²) in [6, 6.07) is 9.21. The largest absolute Gasteiger partial charge is 0.449 e. The second-order valence-electron chi connectivity index (χ2n) is 8.18. The molecule has 0 spiro atoms. The van der Waals surface area contributed by atoms with Crippen molar-refractivity contribution in [3.05, 3.63) is 71.6 Å². The third-order valence-corrected chi connectivity index (χ3v) is 5.11. The summed E-state index contributed by atoms with van der Waals surface area (Å²) in [5.74, 6) is -1.82. The highest BCUT2D eigenvalue weighted by molar-refractivity contribution is 5.96. The summed E-state index contributed by atoms with van der Waals surface area (Å²) in [5.41, 5.74) is 1.97. The van der Waals surface area contributed by atoms with E-state index in [4.69, 9.17) is 0 Å². The molecule has 0 aliphatic heterocycles. The summed E-state index contributed by atoms with van der Waals surface area (Å²) < 4.78 is 41.9. The first-order valence-corrected chi connectivity index (χ1v) is 10.7. The number of aromatic nitrogens is 5. The molecule has 2 N–H and O–H groups in total. The van der Waals surface area contributed by atoms with Crippen molar-refractivity contribution >= 4 is 22.8 Å². The van der Waals surface area contributed by atoms with Gasteiger partial charge in [0.15, 0.2) is 0 Å². The van der Waals surface area contributed by atoms with Gasteiger partial charge in [0.25, 0.3) is 11.8 Å². The number of fused-ring (bicyclic) bond motifs is 1. The fraction of sp³-hybridized carbons (Fsp3) is 0.261. The summed E-state index contributed by atoms with van der Waals surface area (Å²) >= 11 is 0. The number of halogens is 3. The Morgan fingerprint density at radius 3 is 2.46 bits per heavy atom. The van der Waals surface area contributed by atoms with E-state index in [1.54, 1.807) is 24.4 Å². The first-order chi connectivity index (χ1) is 16.5. The highest BCUT2D eigenvalue weighted by Gasteiger charge is 2.36. The predicted octanol–water partition coefficient (Wildman–Crippen LogP) is 3.24. The second kappa shape index (κ2) is 9.20. The molecule has 1 aromatic carbocycles. The van der Waals surface area contributed by atoms with E-state index in [-0.39, 0.29) is 35.4 Å². The first-order valence-electron chi connectivity index (χ1n) is 10.7. The summed E-state index contributed by atoms with van der Waals surface area (Å²) in [6.07, 6.45) is -1.37. The number of alkyl halides is 3. The molecule has 3 aromatic heterocycles. The molecule has 0 bridgehead atoms. The van der Waals surface area contributed by atoms with Crippen LogP contribution in [0.4, 0.5) is 13.2 Å². The van der Waals surface area contributed by atoms with E-state index in [0.29, 0.717) is 16.8 Å². The predicted molar refractivity (Wildman–Crippen MR) is 121 cm³/mol. The second-order valence-corrected chi connectivity index (χ2v) is 8.18. The lowest BCUT2D eigenvalue weighted by molar-refractivity contribution is -0.146. The minimum atomic E-state index is -4.56. The van der Waals surface area contributed by atoms with E-state index in [9.17, 15) is 22.8 Å². The molecule has 4 rings (SSSR count). The molecule has 0 radical (unpaired) electrons. The van der Waals surface area contributed by atoms with Gasteiger partial charge in [-0.15, -0.1) is 0 Å². The van der Waals surface area contributed by atoms with Crippen LogP contribution >= 0.6 is 0 Å². The molecule has 0 atom stereocenters. The number of imidazole rings is 1. The average Bonchev–Trinajstić information content (AvgIpc) is 3.41. The van der Waals surface area contributed by atoms with Crippen LogP contribution in [0.25, 0.3) is 16.7 Å². The van der Waals surface area contributed by atoms with Crippen molar-refractivity contribution in [2.45, 2.75) is 32.6 Å². The van der Waals surface area contributed by atoms with E-state index >= 15 is 0 Å². The average molecular weight is 485 g/mol. The van der Waals surface area contributed by atoms with Crippen molar-refractivity contribution in [3.8, 4) is 5.69 Å². The maximum Gasteiger partial charge on any atom is 0.449 e. The number of carbonyl (C=O) groups excluding carboxylic acids is 2. The highest BCUT2D eigenvalue weighted by atomic mass is 19.4. The van der Waals surface area contributed by atoms with Crippen LogP contribution in [0.5, 0.6) is 0 Å². The Bertz CT molecular complexity index is 1410. The fourth-order valence-electron chi connectivity index (χ4n) is 3.46. The molecule has 4 aromatic rings. The Hall–Kier alpha value is -4.22. The van der Waals surface area contributed by atoms with Gasteiger partial charge >= 0.3 is 6.18 Å². The van der Waals surface area contributed by atoms with Crippen LogP contribution < -0.4 is 10.6 Å².